The van der Waals surface area contributed by atoms with Gasteiger partial charge in [-0.3, -0.25) is 15.0 Å². The largest absolute Gasteiger partial charge is 0.370 e. The molecule has 0 aliphatic carbocycles. The van der Waals surface area contributed by atoms with Gasteiger partial charge in [0.25, 0.3) is 5.91 Å². The first-order valence-electron chi connectivity index (χ1n) is 6.43. The second kappa shape index (κ2) is 7.88. The lowest BCUT2D eigenvalue weighted by atomic mass is 10.2. The summed E-state index contributed by atoms with van der Waals surface area (Å²) in [6.07, 6.45) is 0. The number of nitrogens with one attached hydrogen (secondary N) is 4. The van der Waals surface area contributed by atoms with Crippen molar-refractivity contribution in [2.75, 3.05) is 18.4 Å². The van der Waals surface area contributed by atoms with E-state index in [1.165, 1.54) is 0 Å². The van der Waals surface area contributed by atoms with Gasteiger partial charge in [0.05, 0.1) is 6.54 Å². The highest BCUT2D eigenvalue weighted by Gasteiger charge is 2.09. The summed E-state index contributed by atoms with van der Waals surface area (Å²) >= 11 is 0. The monoisotopic (exact) mass is 290 g/mol. The van der Waals surface area contributed by atoms with Crippen LogP contribution in [0, 0.1) is 11.3 Å². The molecule has 0 aromatic heterocycles. The Morgan fingerprint density at radius 1 is 1.19 bits per heavy atom. The summed E-state index contributed by atoms with van der Waals surface area (Å²) in [5.41, 5.74) is 6.14. The number of rotatable bonds is 6. The molecule has 0 bridgehead atoms. The van der Waals surface area contributed by atoms with Crippen molar-refractivity contribution in [3.8, 4) is 0 Å². The molecule has 1 rings (SSSR count). The molecule has 1 radical (unpaired) electrons. The second-order valence-electron chi connectivity index (χ2n) is 4.79. The zero-order chi connectivity index (χ0) is 15.8. The fraction of sp³-hybridized carbons (Fsp3) is 0.286. The Morgan fingerprint density at radius 2 is 1.90 bits per heavy atom. The van der Waals surface area contributed by atoms with Crippen LogP contribution in [0.1, 0.15) is 24.2 Å². The molecule has 7 heteroatoms. The van der Waals surface area contributed by atoms with Gasteiger partial charge in [0.15, 0.2) is 5.96 Å². The Bertz CT molecular complexity index is 528. The summed E-state index contributed by atoms with van der Waals surface area (Å²) < 4.78 is 0. The maximum absolute atomic E-state index is 11.9. The summed E-state index contributed by atoms with van der Waals surface area (Å²) in [6, 6.07) is 6.52. The minimum atomic E-state index is -0.366. The van der Waals surface area contributed by atoms with Crippen LogP contribution >= 0.6 is 0 Å². The summed E-state index contributed by atoms with van der Waals surface area (Å²) in [6.45, 7) is 4.22. The molecular formula is C14H20N5O2. The number of amides is 2. The lowest BCUT2D eigenvalue weighted by Crippen LogP contribution is -2.38. The van der Waals surface area contributed by atoms with Gasteiger partial charge >= 0.3 is 0 Å². The first kappa shape index (κ1) is 16.5. The molecule has 1 aromatic rings. The number of carbonyl (C=O) groups excluding carboxylic acids is 2. The topological polar surface area (TPSA) is 120 Å². The average Bonchev–Trinajstić information content (AvgIpc) is 2.42. The van der Waals surface area contributed by atoms with Gasteiger partial charge in [-0.15, -0.1) is 0 Å². The minimum Gasteiger partial charge on any atom is -0.370 e. The molecule has 2 amide bonds. The lowest BCUT2D eigenvalue weighted by molar-refractivity contribution is -0.120. The number of guanidine groups is 1. The van der Waals surface area contributed by atoms with Crippen LogP contribution in [-0.2, 0) is 4.79 Å². The highest BCUT2D eigenvalue weighted by Crippen LogP contribution is 2.09. The molecule has 0 unspecified atom stereocenters. The van der Waals surface area contributed by atoms with Gasteiger partial charge in [-0.2, -0.15) is 0 Å². The molecule has 0 saturated carbocycles. The van der Waals surface area contributed by atoms with Crippen molar-refractivity contribution in [3.63, 3.8) is 0 Å². The minimum absolute atomic E-state index is 0.0868. The highest BCUT2D eigenvalue weighted by molar-refractivity contribution is 5.98. The van der Waals surface area contributed by atoms with Crippen molar-refractivity contribution >= 4 is 23.5 Å². The zero-order valence-electron chi connectivity index (χ0n) is 12.1. The second-order valence-corrected chi connectivity index (χ2v) is 4.79. The van der Waals surface area contributed by atoms with E-state index in [4.69, 9.17) is 11.1 Å². The van der Waals surface area contributed by atoms with Crippen LogP contribution < -0.4 is 21.7 Å². The quantitative estimate of drug-likeness (QED) is 0.386. The van der Waals surface area contributed by atoms with Gasteiger partial charge in [-0.1, -0.05) is 19.9 Å². The highest BCUT2D eigenvalue weighted by atomic mass is 16.2. The predicted octanol–water partition coefficient (Wildman–Crippen LogP) is 0.452. The number of anilines is 1. The molecule has 0 heterocycles. The number of hydrogen-bond acceptors (Lipinski definition) is 3. The maximum Gasteiger partial charge on any atom is 0.251 e. The molecular weight excluding hydrogens is 270 g/mol. The third-order valence-electron chi connectivity index (χ3n) is 2.45. The van der Waals surface area contributed by atoms with Crippen LogP contribution in [0.3, 0.4) is 0 Å². The van der Waals surface area contributed by atoms with E-state index in [1.54, 1.807) is 24.3 Å². The molecule has 0 aliphatic heterocycles. The van der Waals surface area contributed by atoms with Crippen LogP contribution in [0.15, 0.2) is 24.3 Å². The Balaban J connectivity index is 2.52. The number of hydrogen-bond donors (Lipinski definition) is 5. The van der Waals surface area contributed by atoms with E-state index in [1.807, 2.05) is 13.8 Å². The van der Waals surface area contributed by atoms with E-state index >= 15 is 0 Å². The lowest BCUT2D eigenvalue weighted by Gasteiger charge is -2.09. The summed E-state index contributed by atoms with van der Waals surface area (Å²) in [7, 11) is 0. The fourth-order valence-corrected chi connectivity index (χ4v) is 1.49. The molecule has 0 fully saturated rings. The average molecular weight is 290 g/mol. The summed E-state index contributed by atoms with van der Waals surface area (Å²) in [4.78, 5) is 23.4. The Morgan fingerprint density at radius 3 is 2.52 bits per heavy atom. The van der Waals surface area contributed by atoms with E-state index < -0.39 is 0 Å². The molecule has 113 valence electrons. The van der Waals surface area contributed by atoms with E-state index in [0.717, 1.165) is 5.92 Å². The van der Waals surface area contributed by atoms with Crippen molar-refractivity contribution in [1.29, 1.82) is 5.41 Å². The van der Waals surface area contributed by atoms with Crippen LogP contribution in [0.4, 0.5) is 5.69 Å². The maximum atomic E-state index is 11.9. The van der Waals surface area contributed by atoms with Crippen molar-refractivity contribution in [1.82, 2.24) is 10.6 Å². The molecule has 0 atom stereocenters. The molecule has 0 spiro atoms. The van der Waals surface area contributed by atoms with Crippen molar-refractivity contribution in [2.45, 2.75) is 13.8 Å². The summed E-state index contributed by atoms with van der Waals surface area (Å²) in [5.74, 6) is 0.257. The molecule has 1 aromatic carbocycles. The van der Waals surface area contributed by atoms with Crippen LogP contribution in [0.2, 0.25) is 0 Å². The third-order valence-corrected chi connectivity index (χ3v) is 2.45. The van der Waals surface area contributed by atoms with E-state index in [2.05, 4.69) is 16.0 Å². The van der Waals surface area contributed by atoms with Gasteiger partial charge in [0.2, 0.25) is 5.91 Å². The Hall–Kier alpha value is -2.57. The smallest absolute Gasteiger partial charge is 0.251 e. The Labute approximate surface area is 123 Å². The van der Waals surface area contributed by atoms with Crippen LogP contribution in [-0.4, -0.2) is 30.9 Å². The van der Waals surface area contributed by atoms with E-state index in [-0.39, 0.29) is 24.3 Å². The molecule has 0 saturated heterocycles. The van der Waals surface area contributed by atoms with Crippen molar-refractivity contribution in [3.05, 3.63) is 35.7 Å². The normalized spacial score (nSPS) is 10.0. The Kier molecular flexibility index (Phi) is 6.19. The molecule has 21 heavy (non-hydrogen) atoms. The van der Waals surface area contributed by atoms with E-state index in [0.29, 0.717) is 17.8 Å². The molecule has 0 aliphatic rings. The van der Waals surface area contributed by atoms with Gasteiger partial charge in [-0.05, 0) is 24.1 Å². The fourth-order valence-electron chi connectivity index (χ4n) is 1.49. The number of benzene rings is 1. The number of carbonyl (C=O) groups is 2. The van der Waals surface area contributed by atoms with E-state index in [9.17, 15) is 9.59 Å². The summed E-state index contributed by atoms with van der Waals surface area (Å²) in [5, 5.41) is 14.9. The van der Waals surface area contributed by atoms with Gasteiger partial charge in [0, 0.05) is 17.8 Å². The SMILES string of the molecule is C[C](C)CNC(=O)CNC(=O)c1cccc(NC(=N)N)c1. The number of nitrogens with two attached hydrogens (primary N) is 1. The molecule has 6 N–H and O–H groups in total. The standard InChI is InChI=1S/C14H20N5O2/c1-9(2)7-17-12(20)8-18-13(21)10-4-3-5-11(6-10)19-14(15)16/h3-6H,7-8H2,1-2H3,(H,17,20)(H,18,21)(H4,15,16,19). The first-order chi connectivity index (χ1) is 9.88. The third kappa shape index (κ3) is 6.42. The van der Waals surface area contributed by atoms with Gasteiger partial charge in [0.1, 0.15) is 0 Å². The van der Waals surface area contributed by atoms with Gasteiger partial charge < -0.3 is 21.7 Å². The van der Waals surface area contributed by atoms with Crippen molar-refractivity contribution < 1.29 is 9.59 Å². The van der Waals surface area contributed by atoms with Crippen LogP contribution in [0.25, 0.3) is 0 Å². The first-order valence-corrected chi connectivity index (χ1v) is 6.43. The van der Waals surface area contributed by atoms with Gasteiger partial charge in [-0.25, -0.2) is 0 Å². The predicted molar refractivity (Wildman–Crippen MR) is 81.9 cm³/mol. The van der Waals surface area contributed by atoms with Crippen LogP contribution in [0.5, 0.6) is 0 Å². The van der Waals surface area contributed by atoms with Crippen molar-refractivity contribution in [2.24, 2.45) is 5.73 Å². The molecule has 7 nitrogen and oxygen atoms in total. The zero-order valence-corrected chi connectivity index (χ0v) is 12.1.